The van der Waals surface area contributed by atoms with Crippen LogP contribution < -0.4 is 15.5 Å². The minimum atomic E-state index is -1.04. The molecule has 0 aliphatic carbocycles. The van der Waals surface area contributed by atoms with Crippen LogP contribution >= 0.6 is 0 Å². The number of nitrogens with zero attached hydrogens (tertiary/aromatic N) is 2. The molecule has 3 amide bonds. The Balaban J connectivity index is 1.54. The molecule has 8 heteroatoms. The van der Waals surface area contributed by atoms with Crippen LogP contribution in [0.4, 0.5) is 30.6 Å². The molecular weight excluding hydrogens is 426 g/mol. The summed E-state index contributed by atoms with van der Waals surface area (Å²) in [6, 6.07) is 7.92. The van der Waals surface area contributed by atoms with Gasteiger partial charge in [0.05, 0.1) is 5.56 Å². The van der Waals surface area contributed by atoms with Crippen molar-refractivity contribution in [3.05, 3.63) is 53.6 Å². The van der Waals surface area contributed by atoms with E-state index in [4.69, 9.17) is 0 Å². The molecule has 0 aromatic heterocycles. The van der Waals surface area contributed by atoms with Gasteiger partial charge in [0.15, 0.2) is 11.6 Å². The highest BCUT2D eigenvalue weighted by atomic mass is 19.2. The summed E-state index contributed by atoms with van der Waals surface area (Å²) in [5.74, 6) is -1.43. The Morgan fingerprint density at radius 1 is 0.848 bits per heavy atom. The van der Waals surface area contributed by atoms with E-state index in [-0.39, 0.29) is 11.6 Å². The van der Waals surface area contributed by atoms with Crippen molar-refractivity contribution >= 4 is 29.0 Å². The number of carbonyl (C=O) groups excluding carboxylic acids is 2. The van der Waals surface area contributed by atoms with Gasteiger partial charge in [0, 0.05) is 49.3 Å². The van der Waals surface area contributed by atoms with E-state index in [2.05, 4.69) is 22.5 Å². The van der Waals surface area contributed by atoms with Crippen LogP contribution in [0.25, 0.3) is 0 Å². The molecule has 6 nitrogen and oxygen atoms in total. The number of carbonyl (C=O) groups is 2. The summed E-state index contributed by atoms with van der Waals surface area (Å²) >= 11 is 0. The SMILES string of the molecule is CC1CCN(C(=O)c2cc(NC(=O)Nc3ccc(F)c(F)c3)ccc2N2CCCCC2)CC1. The second-order valence-electron chi connectivity index (χ2n) is 8.96. The molecule has 2 aromatic rings. The van der Waals surface area contributed by atoms with Crippen molar-refractivity contribution in [3.63, 3.8) is 0 Å². The third kappa shape index (κ3) is 5.61. The maximum Gasteiger partial charge on any atom is 0.323 e. The van der Waals surface area contributed by atoms with E-state index < -0.39 is 17.7 Å². The Bertz CT molecular complexity index is 1020. The molecule has 0 atom stereocenters. The van der Waals surface area contributed by atoms with Gasteiger partial charge in [0.1, 0.15) is 0 Å². The molecule has 0 saturated carbocycles. The van der Waals surface area contributed by atoms with Crippen molar-refractivity contribution in [3.8, 4) is 0 Å². The maximum atomic E-state index is 13.5. The molecule has 2 fully saturated rings. The first-order valence-corrected chi connectivity index (χ1v) is 11.6. The Kier molecular flexibility index (Phi) is 7.11. The topological polar surface area (TPSA) is 64.7 Å². The summed E-state index contributed by atoms with van der Waals surface area (Å²) in [7, 11) is 0. The summed E-state index contributed by atoms with van der Waals surface area (Å²) in [6.07, 6.45) is 5.34. The third-order valence-electron chi connectivity index (χ3n) is 6.43. The first-order chi connectivity index (χ1) is 15.9. The average Bonchev–Trinajstić information content (AvgIpc) is 2.82. The van der Waals surface area contributed by atoms with Crippen LogP contribution in [0, 0.1) is 17.6 Å². The van der Waals surface area contributed by atoms with Crippen molar-refractivity contribution in [1.82, 2.24) is 4.90 Å². The van der Waals surface area contributed by atoms with Gasteiger partial charge in [0.2, 0.25) is 0 Å². The molecule has 2 heterocycles. The van der Waals surface area contributed by atoms with Gasteiger partial charge in [-0.1, -0.05) is 6.92 Å². The van der Waals surface area contributed by atoms with Crippen molar-refractivity contribution in [2.75, 3.05) is 41.7 Å². The number of likely N-dealkylation sites (tertiary alicyclic amines) is 1. The second-order valence-corrected chi connectivity index (χ2v) is 8.96. The van der Waals surface area contributed by atoms with Crippen LogP contribution in [-0.2, 0) is 0 Å². The summed E-state index contributed by atoms with van der Waals surface area (Å²) in [4.78, 5) is 30.0. The van der Waals surface area contributed by atoms with Crippen molar-refractivity contribution in [2.45, 2.75) is 39.0 Å². The molecule has 0 unspecified atom stereocenters. The summed E-state index contributed by atoms with van der Waals surface area (Å²) in [5.41, 5.74) is 2.07. The van der Waals surface area contributed by atoms with E-state index >= 15 is 0 Å². The second kappa shape index (κ2) is 10.2. The number of amides is 3. The van der Waals surface area contributed by atoms with Gasteiger partial charge in [-0.05, 0) is 68.4 Å². The minimum absolute atomic E-state index is 0.0212. The first-order valence-electron chi connectivity index (χ1n) is 11.6. The van der Waals surface area contributed by atoms with E-state index in [0.29, 0.717) is 17.2 Å². The summed E-state index contributed by atoms with van der Waals surface area (Å²) in [5, 5.41) is 5.20. The summed E-state index contributed by atoms with van der Waals surface area (Å²) < 4.78 is 26.6. The lowest BCUT2D eigenvalue weighted by molar-refractivity contribution is 0.0697. The Morgan fingerprint density at radius 2 is 1.48 bits per heavy atom. The predicted octanol–water partition coefficient (Wildman–Crippen LogP) is 5.47. The highest BCUT2D eigenvalue weighted by Crippen LogP contribution is 2.30. The lowest BCUT2D eigenvalue weighted by Gasteiger charge is -2.34. The van der Waals surface area contributed by atoms with Crippen LogP contribution in [0.2, 0.25) is 0 Å². The quantitative estimate of drug-likeness (QED) is 0.641. The van der Waals surface area contributed by atoms with Crippen molar-refractivity contribution in [2.24, 2.45) is 5.92 Å². The van der Waals surface area contributed by atoms with Gasteiger partial charge in [-0.2, -0.15) is 0 Å². The third-order valence-corrected chi connectivity index (χ3v) is 6.43. The predicted molar refractivity (Wildman–Crippen MR) is 126 cm³/mol. The minimum Gasteiger partial charge on any atom is -0.371 e. The number of urea groups is 1. The zero-order valence-corrected chi connectivity index (χ0v) is 18.9. The molecule has 2 aromatic carbocycles. The molecule has 2 saturated heterocycles. The van der Waals surface area contributed by atoms with Crippen LogP contribution in [-0.4, -0.2) is 43.0 Å². The van der Waals surface area contributed by atoms with Crippen molar-refractivity contribution in [1.29, 1.82) is 0 Å². The zero-order valence-electron chi connectivity index (χ0n) is 18.9. The van der Waals surface area contributed by atoms with Crippen LogP contribution in [0.1, 0.15) is 49.4 Å². The number of piperidine rings is 2. The molecule has 4 rings (SSSR count). The first kappa shape index (κ1) is 23.0. The zero-order chi connectivity index (χ0) is 23.4. The van der Waals surface area contributed by atoms with E-state index in [9.17, 15) is 18.4 Å². The fourth-order valence-electron chi connectivity index (χ4n) is 4.45. The molecule has 0 bridgehead atoms. The molecule has 0 radical (unpaired) electrons. The van der Waals surface area contributed by atoms with Gasteiger partial charge in [-0.25, -0.2) is 13.6 Å². The number of anilines is 3. The Morgan fingerprint density at radius 3 is 2.15 bits per heavy atom. The number of nitrogens with one attached hydrogen (secondary N) is 2. The molecule has 176 valence electrons. The van der Waals surface area contributed by atoms with Gasteiger partial charge in [-0.15, -0.1) is 0 Å². The van der Waals surface area contributed by atoms with E-state index in [0.717, 1.165) is 69.7 Å². The van der Waals surface area contributed by atoms with Gasteiger partial charge < -0.3 is 20.4 Å². The molecule has 2 N–H and O–H groups in total. The van der Waals surface area contributed by atoms with E-state index in [1.54, 1.807) is 12.1 Å². The van der Waals surface area contributed by atoms with Crippen LogP contribution in [0.5, 0.6) is 0 Å². The van der Waals surface area contributed by atoms with E-state index in [1.807, 2.05) is 11.0 Å². The summed E-state index contributed by atoms with van der Waals surface area (Å²) in [6.45, 7) is 5.47. The Labute approximate surface area is 192 Å². The number of hydrogen-bond donors (Lipinski definition) is 2. The number of rotatable bonds is 4. The number of benzene rings is 2. The fourth-order valence-corrected chi connectivity index (χ4v) is 4.45. The maximum absolute atomic E-state index is 13.5. The van der Waals surface area contributed by atoms with Crippen LogP contribution in [0.3, 0.4) is 0 Å². The van der Waals surface area contributed by atoms with Crippen molar-refractivity contribution < 1.29 is 18.4 Å². The highest BCUT2D eigenvalue weighted by molar-refractivity contribution is 6.04. The molecule has 2 aliphatic heterocycles. The lowest BCUT2D eigenvalue weighted by Crippen LogP contribution is -2.39. The van der Waals surface area contributed by atoms with Crippen LogP contribution in [0.15, 0.2) is 36.4 Å². The molecule has 0 spiro atoms. The monoisotopic (exact) mass is 456 g/mol. The molecule has 33 heavy (non-hydrogen) atoms. The normalized spacial score (nSPS) is 17.1. The fraction of sp³-hybridized carbons (Fsp3) is 0.440. The van der Waals surface area contributed by atoms with Gasteiger partial charge in [-0.3, -0.25) is 4.79 Å². The lowest BCUT2D eigenvalue weighted by atomic mass is 9.98. The van der Waals surface area contributed by atoms with Gasteiger partial charge in [0.25, 0.3) is 5.91 Å². The Hall–Kier alpha value is -3.16. The van der Waals surface area contributed by atoms with Gasteiger partial charge >= 0.3 is 6.03 Å². The smallest absolute Gasteiger partial charge is 0.323 e. The number of hydrogen-bond acceptors (Lipinski definition) is 3. The standard InChI is InChI=1S/C25H30F2N4O2/c1-17-9-13-31(14-10-17)24(32)20-15-18(6-8-23(20)30-11-3-2-4-12-30)28-25(33)29-19-5-7-21(26)22(27)16-19/h5-8,15-17H,2-4,9-14H2,1H3,(H2,28,29,33). The largest absolute Gasteiger partial charge is 0.371 e. The molecular formula is C25H30F2N4O2. The average molecular weight is 457 g/mol. The van der Waals surface area contributed by atoms with E-state index in [1.165, 1.54) is 12.5 Å². The highest BCUT2D eigenvalue weighted by Gasteiger charge is 2.26. The number of halogens is 2. The molecule has 2 aliphatic rings.